The van der Waals surface area contributed by atoms with Gasteiger partial charge in [0.05, 0.1) is 10.2 Å². The van der Waals surface area contributed by atoms with E-state index in [2.05, 4.69) is 30.3 Å². The number of hydrogen-bond donors (Lipinski definition) is 0. The third-order valence-electron chi connectivity index (χ3n) is 3.35. The molecule has 0 aliphatic heterocycles. The number of rotatable bonds is 1. The molecule has 0 unspecified atom stereocenters. The molecule has 0 aliphatic carbocycles. The number of nitrogens with zero attached hydrogens (tertiary/aromatic N) is 1. The maximum atomic E-state index is 6.13. The monoisotopic (exact) mass is 295 g/mol. The molecule has 0 amide bonds. The SMILES string of the molecule is Clc1ccc2ccc3nc(-c4ccccc4)sc3c2c1. The van der Waals surface area contributed by atoms with E-state index in [0.29, 0.717) is 0 Å². The van der Waals surface area contributed by atoms with Gasteiger partial charge >= 0.3 is 0 Å². The fourth-order valence-corrected chi connectivity index (χ4v) is 3.65. The van der Waals surface area contributed by atoms with Crippen molar-refractivity contribution in [1.29, 1.82) is 0 Å². The summed E-state index contributed by atoms with van der Waals surface area (Å²) in [4.78, 5) is 4.74. The Bertz CT molecular complexity index is 912. The van der Waals surface area contributed by atoms with E-state index in [1.165, 1.54) is 15.5 Å². The molecule has 4 aromatic rings. The minimum Gasteiger partial charge on any atom is -0.236 e. The molecular formula is C17H10ClNS. The summed E-state index contributed by atoms with van der Waals surface area (Å²) in [7, 11) is 0. The van der Waals surface area contributed by atoms with E-state index in [9.17, 15) is 0 Å². The molecule has 0 saturated heterocycles. The Hall–Kier alpha value is -1.90. The molecule has 1 aromatic heterocycles. The molecule has 3 aromatic carbocycles. The molecule has 0 saturated carbocycles. The largest absolute Gasteiger partial charge is 0.236 e. The van der Waals surface area contributed by atoms with Gasteiger partial charge in [-0.3, -0.25) is 0 Å². The first-order chi connectivity index (χ1) is 9.81. The first-order valence-electron chi connectivity index (χ1n) is 6.35. The fourth-order valence-electron chi connectivity index (χ4n) is 2.38. The van der Waals surface area contributed by atoms with Crippen LogP contribution in [0.1, 0.15) is 0 Å². The lowest BCUT2D eigenvalue weighted by Gasteiger charge is -1.98. The molecule has 0 bridgehead atoms. The number of hydrogen-bond acceptors (Lipinski definition) is 2. The molecule has 1 nitrogen and oxygen atoms in total. The van der Waals surface area contributed by atoms with Gasteiger partial charge in [-0.25, -0.2) is 4.98 Å². The Morgan fingerprint density at radius 3 is 2.55 bits per heavy atom. The van der Waals surface area contributed by atoms with Crippen molar-refractivity contribution in [3.63, 3.8) is 0 Å². The molecule has 0 radical (unpaired) electrons. The van der Waals surface area contributed by atoms with Crippen molar-refractivity contribution in [3.8, 4) is 10.6 Å². The van der Waals surface area contributed by atoms with Crippen molar-refractivity contribution in [1.82, 2.24) is 4.98 Å². The molecule has 4 rings (SSSR count). The van der Waals surface area contributed by atoms with E-state index in [0.717, 1.165) is 21.1 Å². The zero-order valence-corrected chi connectivity index (χ0v) is 12.1. The van der Waals surface area contributed by atoms with Crippen LogP contribution in [0.2, 0.25) is 5.02 Å². The zero-order chi connectivity index (χ0) is 13.5. The summed E-state index contributed by atoms with van der Waals surface area (Å²) in [6.07, 6.45) is 0. The van der Waals surface area contributed by atoms with E-state index < -0.39 is 0 Å². The standard InChI is InChI=1S/C17H10ClNS/c18-13-8-6-11-7-9-15-16(14(11)10-13)20-17(19-15)12-4-2-1-3-5-12/h1-10H. The summed E-state index contributed by atoms with van der Waals surface area (Å²) in [6.45, 7) is 0. The average molecular weight is 296 g/mol. The van der Waals surface area contributed by atoms with Crippen LogP contribution in [0.15, 0.2) is 60.7 Å². The van der Waals surface area contributed by atoms with Crippen molar-refractivity contribution >= 4 is 43.9 Å². The smallest absolute Gasteiger partial charge is 0.124 e. The van der Waals surface area contributed by atoms with Crippen LogP contribution < -0.4 is 0 Å². The highest BCUT2D eigenvalue weighted by atomic mass is 35.5. The second-order valence-corrected chi connectivity index (χ2v) is 6.10. The van der Waals surface area contributed by atoms with Crippen LogP contribution in [-0.2, 0) is 0 Å². The second kappa shape index (κ2) is 4.58. The normalized spacial score (nSPS) is 11.2. The van der Waals surface area contributed by atoms with Crippen LogP contribution >= 0.6 is 22.9 Å². The van der Waals surface area contributed by atoms with Gasteiger partial charge in [0, 0.05) is 16.0 Å². The molecule has 0 N–H and O–H groups in total. The van der Waals surface area contributed by atoms with Crippen molar-refractivity contribution in [2.24, 2.45) is 0 Å². The number of thiazole rings is 1. The van der Waals surface area contributed by atoms with Gasteiger partial charge in [-0.15, -0.1) is 11.3 Å². The molecule has 1 heterocycles. The van der Waals surface area contributed by atoms with E-state index in [1.807, 2.05) is 30.3 Å². The third-order valence-corrected chi connectivity index (χ3v) is 4.74. The second-order valence-electron chi connectivity index (χ2n) is 4.66. The molecule has 20 heavy (non-hydrogen) atoms. The minimum atomic E-state index is 0.764. The Labute approximate surface area is 125 Å². The fraction of sp³-hybridized carbons (Fsp3) is 0. The summed E-state index contributed by atoms with van der Waals surface area (Å²) in [5, 5.41) is 4.19. The van der Waals surface area contributed by atoms with E-state index in [4.69, 9.17) is 16.6 Å². The molecule has 0 spiro atoms. The van der Waals surface area contributed by atoms with Crippen molar-refractivity contribution < 1.29 is 0 Å². The highest BCUT2D eigenvalue weighted by molar-refractivity contribution is 7.22. The van der Waals surface area contributed by atoms with Gasteiger partial charge in [0.2, 0.25) is 0 Å². The maximum Gasteiger partial charge on any atom is 0.124 e. The first-order valence-corrected chi connectivity index (χ1v) is 7.55. The number of aromatic nitrogens is 1. The summed E-state index contributed by atoms with van der Waals surface area (Å²) in [6, 6.07) is 20.5. The molecule has 96 valence electrons. The van der Waals surface area contributed by atoms with E-state index >= 15 is 0 Å². The third kappa shape index (κ3) is 1.89. The number of halogens is 1. The summed E-state index contributed by atoms with van der Waals surface area (Å²) >= 11 is 7.85. The quantitative estimate of drug-likeness (QED) is 0.434. The minimum absolute atomic E-state index is 0.764. The van der Waals surface area contributed by atoms with Crippen LogP contribution in [0, 0.1) is 0 Å². The van der Waals surface area contributed by atoms with Crippen molar-refractivity contribution in [2.45, 2.75) is 0 Å². The van der Waals surface area contributed by atoms with Crippen LogP contribution in [-0.4, -0.2) is 4.98 Å². The number of fused-ring (bicyclic) bond motifs is 3. The highest BCUT2D eigenvalue weighted by Crippen LogP contribution is 2.35. The Kier molecular flexibility index (Phi) is 2.72. The molecule has 0 aliphatic rings. The predicted octanol–water partition coefficient (Wildman–Crippen LogP) is 5.77. The lowest BCUT2D eigenvalue weighted by atomic mass is 10.1. The van der Waals surface area contributed by atoms with Gasteiger partial charge < -0.3 is 0 Å². The summed E-state index contributed by atoms with van der Waals surface area (Å²) < 4.78 is 1.20. The lowest BCUT2D eigenvalue weighted by Crippen LogP contribution is -1.75. The highest BCUT2D eigenvalue weighted by Gasteiger charge is 2.09. The Morgan fingerprint density at radius 2 is 1.70 bits per heavy atom. The van der Waals surface area contributed by atoms with Crippen LogP contribution in [0.5, 0.6) is 0 Å². The first kappa shape index (κ1) is 11.9. The van der Waals surface area contributed by atoms with Crippen LogP contribution in [0.3, 0.4) is 0 Å². The zero-order valence-electron chi connectivity index (χ0n) is 10.5. The van der Waals surface area contributed by atoms with Gasteiger partial charge in [-0.2, -0.15) is 0 Å². The van der Waals surface area contributed by atoms with Gasteiger partial charge in [-0.1, -0.05) is 54.1 Å². The Morgan fingerprint density at radius 1 is 0.900 bits per heavy atom. The molecule has 3 heteroatoms. The lowest BCUT2D eigenvalue weighted by molar-refractivity contribution is 1.48. The van der Waals surface area contributed by atoms with Crippen LogP contribution in [0.4, 0.5) is 0 Å². The van der Waals surface area contributed by atoms with Gasteiger partial charge in [-0.05, 0) is 23.6 Å². The van der Waals surface area contributed by atoms with Crippen molar-refractivity contribution in [3.05, 3.63) is 65.7 Å². The van der Waals surface area contributed by atoms with Crippen molar-refractivity contribution in [2.75, 3.05) is 0 Å². The molecule has 0 fully saturated rings. The Balaban J connectivity index is 2.04. The maximum absolute atomic E-state index is 6.13. The topological polar surface area (TPSA) is 12.9 Å². The van der Waals surface area contributed by atoms with Crippen LogP contribution in [0.25, 0.3) is 31.6 Å². The summed E-state index contributed by atoms with van der Waals surface area (Å²) in [5.41, 5.74) is 2.19. The van der Waals surface area contributed by atoms with Gasteiger partial charge in [0.1, 0.15) is 5.01 Å². The average Bonchev–Trinajstić information content (AvgIpc) is 2.93. The predicted molar refractivity (Wildman–Crippen MR) is 87.6 cm³/mol. The molecular weight excluding hydrogens is 286 g/mol. The number of benzene rings is 3. The van der Waals surface area contributed by atoms with Gasteiger partial charge in [0.15, 0.2) is 0 Å². The van der Waals surface area contributed by atoms with Gasteiger partial charge in [0.25, 0.3) is 0 Å². The molecule has 0 atom stereocenters. The van der Waals surface area contributed by atoms with E-state index in [1.54, 1.807) is 11.3 Å². The summed E-state index contributed by atoms with van der Waals surface area (Å²) in [5.74, 6) is 0. The van der Waals surface area contributed by atoms with E-state index in [-0.39, 0.29) is 0 Å².